The van der Waals surface area contributed by atoms with Crippen LogP contribution in [-0.4, -0.2) is 63.5 Å². The average Bonchev–Trinajstić information content (AvgIpc) is 2.99. The van der Waals surface area contributed by atoms with Gasteiger partial charge in [-0.3, -0.25) is 14.4 Å². The number of nitrogens with one attached hydrogen (secondary N) is 1. The van der Waals surface area contributed by atoms with Crippen molar-refractivity contribution in [1.82, 2.24) is 10.2 Å². The molecule has 9 heteroatoms. The van der Waals surface area contributed by atoms with Gasteiger partial charge in [0.05, 0.1) is 6.04 Å². The molecule has 0 unspecified atom stereocenters. The highest BCUT2D eigenvalue weighted by molar-refractivity contribution is 5.92. The van der Waals surface area contributed by atoms with Crippen molar-refractivity contribution in [2.24, 2.45) is 11.7 Å². The lowest BCUT2D eigenvalue weighted by Crippen LogP contribution is -2.54. The molecule has 1 aliphatic rings. The second-order valence-electron chi connectivity index (χ2n) is 6.76. The Kier molecular flexibility index (Phi) is 7.82. The molecule has 0 saturated carbocycles. The minimum absolute atomic E-state index is 0.114. The van der Waals surface area contributed by atoms with Gasteiger partial charge < -0.3 is 26.2 Å². The van der Waals surface area contributed by atoms with Crippen molar-refractivity contribution in [3.05, 3.63) is 0 Å². The first-order chi connectivity index (χ1) is 11.6. The predicted molar refractivity (Wildman–Crippen MR) is 88.6 cm³/mol. The van der Waals surface area contributed by atoms with E-state index in [4.69, 9.17) is 10.8 Å². The van der Waals surface area contributed by atoms with Crippen molar-refractivity contribution >= 4 is 23.8 Å². The summed E-state index contributed by atoms with van der Waals surface area (Å²) < 4.78 is 0. The zero-order chi connectivity index (χ0) is 19.1. The third-order valence-electron chi connectivity index (χ3n) is 4.14. The van der Waals surface area contributed by atoms with Crippen molar-refractivity contribution in [1.29, 1.82) is 0 Å². The smallest absolute Gasteiger partial charge is 0.326 e. The summed E-state index contributed by atoms with van der Waals surface area (Å²) in [4.78, 5) is 48.2. The lowest BCUT2D eigenvalue weighted by molar-refractivity contribution is -0.150. The standard InChI is InChI=1S/C16H27N3O6/c1-9(2)8-10(17)14(22)18-11(5-6-13(20)21)15(23)19-7-3-4-12(19)16(24)25/h9-12H,3-8,17H2,1-2H3,(H,18,22)(H,20,21)(H,24,25)/t10-,11-,12-/m0/s1. The number of rotatable bonds is 9. The van der Waals surface area contributed by atoms with Crippen LogP contribution < -0.4 is 11.1 Å². The van der Waals surface area contributed by atoms with Crippen molar-refractivity contribution in [3.8, 4) is 0 Å². The number of nitrogens with zero attached hydrogens (tertiary/aromatic N) is 1. The Hall–Kier alpha value is -2.16. The van der Waals surface area contributed by atoms with E-state index in [1.807, 2.05) is 13.8 Å². The maximum absolute atomic E-state index is 12.7. The molecule has 1 saturated heterocycles. The number of carbonyl (C=O) groups excluding carboxylic acids is 2. The normalized spacial score (nSPS) is 19.5. The van der Waals surface area contributed by atoms with E-state index < -0.39 is 41.9 Å². The van der Waals surface area contributed by atoms with Crippen LogP contribution in [0, 0.1) is 5.92 Å². The van der Waals surface area contributed by atoms with E-state index in [1.54, 1.807) is 0 Å². The van der Waals surface area contributed by atoms with Gasteiger partial charge in [-0.15, -0.1) is 0 Å². The molecular formula is C16H27N3O6. The number of carbonyl (C=O) groups is 4. The Bertz CT molecular complexity index is 522. The number of likely N-dealkylation sites (tertiary alicyclic amines) is 1. The second kappa shape index (κ2) is 9.36. The Labute approximate surface area is 146 Å². The van der Waals surface area contributed by atoms with E-state index >= 15 is 0 Å². The lowest BCUT2D eigenvalue weighted by atomic mass is 10.0. The molecule has 0 aliphatic carbocycles. The van der Waals surface area contributed by atoms with Gasteiger partial charge in [0, 0.05) is 13.0 Å². The summed E-state index contributed by atoms with van der Waals surface area (Å²) in [6, 6.07) is -2.85. The Balaban J connectivity index is 2.84. The zero-order valence-electron chi connectivity index (χ0n) is 14.6. The molecule has 0 aromatic rings. The summed E-state index contributed by atoms with van der Waals surface area (Å²) >= 11 is 0. The van der Waals surface area contributed by atoms with E-state index in [1.165, 1.54) is 4.90 Å². The van der Waals surface area contributed by atoms with E-state index in [9.17, 15) is 24.3 Å². The molecule has 25 heavy (non-hydrogen) atoms. The van der Waals surface area contributed by atoms with E-state index in [0.29, 0.717) is 19.3 Å². The fourth-order valence-electron chi connectivity index (χ4n) is 2.91. The average molecular weight is 357 g/mol. The summed E-state index contributed by atoms with van der Waals surface area (Å²) in [7, 11) is 0. The molecule has 2 amide bonds. The van der Waals surface area contributed by atoms with Crippen molar-refractivity contribution in [3.63, 3.8) is 0 Å². The van der Waals surface area contributed by atoms with Gasteiger partial charge in [0.1, 0.15) is 12.1 Å². The van der Waals surface area contributed by atoms with E-state index in [0.717, 1.165) is 0 Å². The molecule has 142 valence electrons. The summed E-state index contributed by atoms with van der Waals surface area (Å²) in [5.74, 6) is -3.14. The van der Waals surface area contributed by atoms with Crippen molar-refractivity contribution in [2.75, 3.05) is 6.54 Å². The molecule has 0 aromatic carbocycles. The third-order valence-corrected chi connectivity index (χ3v) is 4.14. The zero-order valence-corrected chi connectivity index (χ0v) is 14.6. The van der Waals surface area contributed by atoms with Gasteiger partial charge in [-0.1, -0.05) is 13.8 Å². The van der Waals surface area contributed by atoms with Gasteiger partial charge in [0.25, 0.3) is 0 Å². The molecule has 3 atom stereocenters. The van der Waals surface area contributed by atoms with Crippen molar-refractivity contribution in [2.45, 2.75) is 64.1 Å². The van der Waals surface area contributed by atoms with Gasteiger partial charge in [-0.05, 0) is 31.6 Å². The fourth-order valence-corrected chi connectivity index (χ4v) is 2.91. The molecule has 1 fully saturated rings. The highest BCUT2D eigenvalue weighted by Crippen LogP contribution is 2.19. The number of aliphatic carboxylic acids is 2. The van der Waals surface area contributed by atoms with Crippen LogP contribution in [0.4, 0.5) is 0 Å². The van der Waals surface area contributed by atoms with Crippen LogP contribution in [0.25, 0.3) is 0 Å². The molecule has 0 radical (unpaired) electrons. The van der Waals surface area contributed by atoms with Gasteiger partial charge in [0.15, 0.2) is 0 Å². The maximum Gasteiger partial charge on any atom is 0.326 e. The van der Waals surface area contributed by atoms with E-state index in [2.05, 4.69) is 5.32 Å². The lowest BCUT2D eigenvalue weighted by Gasteiger charge is -2.28. The Morgan fingerprint density at radius 3 is 2.40 bits per heavy atom. The van der Waals surface area contributed by atoms with Crippen LogP contribution in [0.1, 0.15) is 46.0 Å². The number of hydrogen-bond donors (Lipinski definition) is 4. The Morgan fingerprint density at radius 2 is 1.88 bits per heavy atom. The van der Waals surface area contributed by atoms with Crippen LogP contribution in [0.5, 0.6) is 0 Å². The second-order valence-corrected chi connectivity index (χ2v) is 6.76. The molecule has 5 N–H and O–H groups in total. The molecule has 9 nitrogen and oxygen atoms in total. The minimum atomic E-state index is -1.11. The molecule has 0 spiro atoms. The van der Waals surface area contributed by atoms with Gasteiger partial charge in [0.2, 0.25) is 11.8 Å². The Morgan fingerprint density at radius 1 is 1.24 bits per heavy atom. The number of carboxylic acids is 2. The van der Waals surface area contributed by atoms with Gasteiger partial charge in [-0.2, -0.15) is 0 Å². The minimum Gasteiger partial charge on any atom is -0.481 e. The highest BCUT2D eigenvalue weighted by atomic mass is 16.4. The largest absolute Gasteiger partial charge is 0.481 e. The monoisotopic (exact) mass is 357 g/mol. The number of hydrogen-bond acceptors (Lipinski definition) is 5. The number of nitrogens with two attached hydrogens (primary N) is 1. The van der Waals surface area contributed by atoms with Gasteiger partial charge >= 0.3 is 11.9 Å². The van der Waals surface area contributed by atoms with Gasteiger partial charge in [-0.25, -0.2) is 4.79 Å². The quantitative estimate of drug-likeness (QED) is 0.445. The van der Waals surface area contributed by atoms with Crippen LogP contribution in [0.3, 0.4) is 0 Å². The number of amides is 2. The number of carboxylic acid groups (broad SMARTS) is 2. The summed E-state index contributed by atoms with van der Waals surface area (Å²) in [5.41, 5.74) is 5.80. The summed E-state index contributed by atoms with van der Waals surface area (Å²) in [5, 5.41) is 20.6. The molecule has 0 aromatic heterocycles. The third kappa shape index (κ3) is 6.33. The molecular weight excluding hydrogens is 330 g/mol. The summed E-state index contributed by atoms with van der Waals surface area (Å²) in [6.07, 6.45) is 0.884. The molecule has 1 heterocycles. The summed E-state index contributed by atoms with van der Waals surface area (Å²) in [6.45, 7) is 4.08. The van der Waals surface area contributed by atoms with Crippen LogP contribution >= 0.6 is 0 Å². The highest BCUT2D eigenvalue weighted by Gasteiger charge is 2.38. The van der Waals surface area contributed by atoms with Crippen LogP contribution in [-0.2, 0) is 19.2 Å². The topological polar surface area (TPSA) is 150 Å². The first kappa shape index (κ1) is 20.9. The van der Waals surface area contributed by atoms with Crippen molar-refractivity contribution < 1.29 is 29.4 Å². The fraction of sp³-hybridized carbons (Fsp3) is 0.750. The van der Waals surface area contributed by atoms with Crippen LogP contribution in [0.2, 0.25) is 0 Å². The first-order valence-corrected chi connectivity index (χ1v) is 8.44. The molecule has 1 aliphatic heterocycles. The van der Waals surface area contributed by atoms with Crippen LogP contribution in [0.15, 0.2) is 0 Å². The van der Waals surface area contributed by atoms with E-state index in [-0.39, 0.29) is 25.3 Å². The first-order valence-electron chi connectivity index (χ1n) is 8.44. The maximum atomic E-state index is 12.7. The molecule has 1 rings (SSSR count). The predicted octanol–water partition coefficient (Wildman–Crippen LogP) is -0.215. The SMILES string of the molecule is CC(C)C[C@H](N)C(=O)N[C@@H](CCC(=O)O)C(=O)N1CCC[C@H]1C(=O)O. The molecule has 0 bridgehead atoms.